The Bertz CT molecular complexity index is 1270. The van der Waals surface area contributed by atoms with Crippen LogP contribution >= 0.6 is 0 Å². The van der Waals surface area contributed by atoms with Crippen molar-refractivity contribution < 1.29 is 41.0 Å². The molecule has 3 N–H and O–H groups in total. The number of hydrogen-bond donors (Lipinski definition) is 3. The lowest BCUT2D eigenvalue weighted by Crippen LogP contribution is -2.29. The number of benzene rings is 2. The van der Waals surface area contributed by atoms with Crippen LogP contribution in [0.4, 0.5) is 37.7 Å². The summed E-state index contributed by atoms with van der Waals surface area (Å²) < 4.78 is 84.1. The maximum Gasteiger partial charge on any atom is 0.417 e. The fraction of sp³-hybridized carbons (Fsp3) is 0.333. The predicted octanol–water partition coefficient (Wildman–Crippen LogP) is 7.91. The number of nitrogens with one attached hydrogen (secondary N) is 2. The summed E-state index contributed by atoms with van der Waals surface area (Å²) in [5.74, 6) is -2.41. The van der Waals surface area contributed by atoms with Crippen LogP contribution in [0.2, 0.25) is 0 Å². The van der Waals surface area contributed by atoms with Crippen LogP contribution in [0.1, 0.15) is 52.2 Å². The highest BCUT2D eigenvalue weighted by atomic mass is 19.4. The zero-order valence-corrected chi connectivity index (χ0v) is 21.4. The van der Waals surface area contributed by atoms with Crippen LogP contribution in [0.15, 0.2) is 59.7 Å². The number of hydrogen-bond acceptors (Lipinski definition) is 3. The molecule has 206 valence electrons. The van der Waals surface area contributed by atoms with Gasteiger partial charge in [-0.25, -0.2) is 4.79 Å². The largest absolute Gasteiger partial charge is 0.478 e. The topological polar surface area (TPSA) is 78.4 Å². The summed E-state index contributed by atoms with van der Waals surface area (Å²) in [4.78, 5) is 24.0. The lowest BCUT2D eigenvalue weighted by atomic mass is 9.93. The van der Waals surface area contributed by atoms with E-state index in [1.54, 1.807) is 13.8 Å². The van der Waals surface area contributed by atoms with Crippen molar-refractivity contribution in [1.82, 2.24) is 0 Å². The Labute approximate surface area is 216 Å². The SMILES string of the molecule is C/C=C(C(=O)O)\C(=C/C)C(=O)Nc1ccc(-c2ccc(NC(C)(C)CC)cc2C(F)(F)F)c(C(F)(F)F)c1. The van der Waals surface area contributed by atoms with Gasteiger partial charge in [0.1, 0.15) is 0 Å². The van der Waals surface area contributed by atoms with Crippen LogP contribution in [-0.2, 0) is 21.9 Å². The van der Waals surface area contributed by atoms with Gasteiger partial charge in [-0.2, -0.15) is 26.3 Å². The number of allylic oxidation sites excluding steroid dienone is 2. The Morgan fingerprint density at radius 3 is 1.66 bits per heavy atom. The van der Waals surface area contributed by atoms with E-state index in [1.807, 2.05) is 6.92 Å². The van der Waals surface area contributed by atoms with Crippen LogP contribution in [0.3, 0.4) is 0 Å². The van der Waals surface area contributed by atoms with Crippen LogP contribution in [0.25, 0.3) is 11.1 Å². The molecule has 5 nitrogen and oxygen atoms in total. The first kappa shape index (κ1) is 30.5. The lowest BCUT2D eigenvalue weighted by molar-refractivity contribution is -0.139. The number of anilines is 2. The second-order valence-corrected chi connectivity index (χ2v) is 9.04. The minimum absolute atomic E-state index is 0.0995. The quantitative estimate of drug-likeness (QED) is 0.180. The number of aliphatic carboxylic acids is 1. The van der Waals surface area contributed by atoms with Gasteiger partial charge in [0.15, 0.2) is 0 Å². The molecule has 0 saturated heterocycles. The predicted molar refractivity (Wildman–Crippen MR) is 134 cm³/mol. The molecule has 2 rings (SSSR count). The summed E-state index contributed by atoms with van der Waals surface area (Å²) in [7, 11) is 0. The summed E-state index contributed by atoms with van der Waals surface area (Å²) in [6.45, 7) is 8.14. The number of carboxylic acids is 1. The standard InChI is InChI=1S/C27H28F6N2O3/c1-6-17(18(7-2)24(37)38)23(36)34-15-9-11-19(21(13-15)26(28,29)30)20-12-10-16(35-25(4,5)8-3)14-22(20)27(31,32)33/h6-7,9-14,35H,8H2,1-5H3,(H,34,36)(H,37,38)/b17-6+,18-7+. The van der Waals surface area contributed by atoms with Crippen LogP contribution in [0.5, 0.6) is 0 Å². The van der Waals surface area contributed by atoms with E-state index in [-0.39, 0.29) is 22.5 Å². The number of rotatable bonds is 8. The molecule has 0 aliphatic rings. The molecule has 38 heavy (non-hydrogen) atoms. The van der Waals surface area contributed by atoms with Crippen LogP contribution in [0, 0.1) is 0 Å². The van der Waals surface area contributed by atoms with E-state index in [0.717, 1.165) is 30.3 Å². The maximum absolute atomic E-state index is 14.0. The average Bonchev–Trinajstić information content (AvgIpc) is 2.80. The molecule has 2 aromatic carbocycles. The van der Waals surface area contributed by atoms with Crippen molar-refractivity contribution in [3.8, 4) is 11.1 Å². The fourth-order valence-electron chi connectivity index (χ4n) is 3.66. The molecule has 0 bridgehead atoms. The van der Waals surface area contributed by atoms with Crippen molar-refractivity contribution in [3.63, 3.8) is 0 Å². The number of alkyl halides is 6. The van der Waals surface area contributed by atoms with Gasteiger partial charge in [-0.15, -0.1) is 0 Å². The van der Waals surface area contributed by atoms with Crippen LogP contribution in [-0.4, -0.2) is 22.5 Å². The number of carboxylic acid groups (broad SMARTS) is 1. The first-order valence-corrected chi connectivity index (χ1v) is 11.5. The van der Waals surface area contributed by atoms with Gasteiger partial charge in [-0.1, -0.05) is 31.2 Å². The second kappa shape index (κ2) is 11.3. The minimum Gasteiger partial charge on any atom is -0.478 e. The van der Waals surface area contributed by atoms with Gasteiger partial charge in [-0.3, -0.25) is 4.79 Å². The minimum atomic E-state index is -5.07. The van der Waals surface area contributed by atoms with Crippen molar-refractivity contribution in [2.75, 3.05) is 10.6 Å². The fourth-order valence-corrected chi connectivity index (χ4v) is 3.66. The van der Waals surface area contributed by atoms with Crippen molar-refractivity contribution in [1.29, 1.82) is 0 Å². The Morgan fingerprint density at radius 1 is 0.816 bits per heavy atom. The van der Waals surface area contributed by atoms with Gasteiger partial charge in [0.25, 0.3) is 5.91 Å². The Morgan fingerprint density at radius 2 is 1.26 bits per heavy atom. The van der Waals surface area contributed by atoms with Crippen LogP contribution < -0.4 is 10.6 Å². The molecule has 0 spiro atoms. The number of halogens is 6. The molecule has 0 fully saturated rings. The summed E-state index contributed by atoms with van der Waals surface area (Å²) in [6, 6.07) is 5.41. The molecule has 11 heteroatoms. The highest BCUT2D eigenvalue weighted by Crippen LogP contribution is 2.44. The van der Waals surface area contributed by atoms with Crippen molar-refractivity contribution in [3.05, 3.63) is 70.8 Å². The zero-order valence-electron chi connectivity index (χ0n) is 21.4. The van der Waals surface area contributed by atoms with Gasteiger partial charge in [-0.05, 0) is 69.5 Å². The van der Waals surface area contributed by atoms with Crippen molar-refractivity contribution >= 4 is 23.3 Å². The highest BCUT2D eigenvalue weighted by Gasteiger charge is 2.39. The third-order valence-electron chi connectivity index (χ3n) is 5.91. The van der Waals surface area contributed by atoms with Gasteiger partial charge in [0, 0.05) is 22.5 Å². The molecular weight excluding hydrogens is 514 g/mol. The molecule has 1 amide bonds. The van der Waals surface area contributed by atoms with Gasteiger partial charge in [0.2, 0.25) is 0 Å². The van der Waals surface area contributed by atoms with Gasteiger partial charge >= 0.3 is 18.3 Å². The maximum atomic E-state index is 14.0. The first-order chi connectivity index (χ1) is 17.4. The first-order valence-electron chi connectivity index (χ1n) is 11.5. The summed E-state index contributed by atoms with van der Waals surface area (Å²) >= 11 is 0. The van der Waals surface area contributed by atoms with E-state index in [9.17, 15) is 41.0 Å². The molecule has 0 aliphatic carbocycles. The molecule has 0 saturated carbocycles. The summed E-state index contributed by atoms with van der Waals surface area (Å²) in [5, 5.41) is 14.4. The second-order valence-electron chi connectivity index (χ2n) is 9.04. The molecule has 0 aliphatic heterocycles. The lowest BCUT2D eigenvalue weighted by Gasteiger charge is -2.27. The smallest absolute Gasteiger partial charge is 0.417 e. The highest BCUT2D eigenvalue weighted by molar-refractivity contribution is 6.13. The van der Waals surface area contributed by atoms with E-state index in [1.165, 1.54) is 26.0 Å². The Balaban J connectivity index is 2.63. The molecule has 0 aromatic heterocycles. The average molecular weight is 543 g/mol. The molecule has 0 heterocycles. The third-order valence-corrected chi connectivity index (χ3v) is 5.91. The van der Waals surface area contributed by atoms with E-state index in [2.05, 4.69) is 10.6 Å². The Kier molecular flexibility index (Phi) is 9.08. The monoisotopic (exact) mass is 542 g/mol. The normalized spacial score (nSPS) is 13.3. The molecular formula is C27H28F6N2O3. The van der Waals surface area contributed by atoms with Crippen molar-refractivity contribution in [2.24, 2.45) is 0 Å². The third kappa shape index (κ3) is 7.17. The van der Waals surface area contributed by atoms with Gasteiger partial charge < -0.3 is 15.7 Å². The molecule has 0 atom stereocenters. The zero-order chi connectivity index (χ0) is 29.1. The van der Waals surface area contributed by atoms with Gasteiger partial charge in [0.05, 0.1) is 16.7 Å². The number of amides is 1. The number of carbonyl (C=O) groups excluding carboxylic acids is 1. The molecule has 0 radical (unpaired) electrons. The van der Waals surface area contributed by atoms with Crippen molar-refractivity contribution in [2.45, 2.75) is 58.9 Å². The molecule has 2 aromatic rings. The van der Waals surface area contributed by atoms with E-state index in [4.69, 9.17) is 0 Å². The Hall–Kier alpha value is -3.76. The summed E-state index contributed by atoms with van der Waals surface area (Å²) in [5.41, 5.74) is -5.56. The summed E-state index contributed by atoms with van der Waals surface area (Å²) in [6.07, 6.45) is -7.11. The van der Waals surface area contributed by atoms with E-state index >= 15 is 0 Å². The van der Waals surface area contributed by atoms with E-state index in [0.29, 0.717) is 12.5 Å². The number of carbonyl (C=O) groups is 2. The van der Waals surface area contributed by atoms with E-state index < -0.39 is 52.0 Å². The molecule has 0 unspecified atom stereocenters.